The van der Waals surface area contributed by atoms with Gasteiger partial charge in [-0.2, -0.15) is 4.98 Å². The Bertz CT molecular complexity index is 509. The zero-order valence-electron chi connectivity index (χ0n) is 12.2. The molecule has 108 valence electrons. The number of hydrogen-bond acceptors (Lipinski definition) is 5. The Kier molecular flexibility index (Phi) is 5.26. The maximum absolute atomic E-state index is 5.49. The summed E-state index contributed by atoms with van der Waals surface area (Å²) in [5.41, 5.74) is 1.02. The molecule has 2 rings (SSSR count). The molecule has 1 aromatic heterocycles. The molecule has 0 radical (unpaired) electrons. The molecule has 2 aromatic rings. The van der Waals surface area contributed by atoms with Crippen LogP contribution in [-0.4, -0.2) is 30.3 Å². The Morgan fingerprint density at radius 3 is 2.65 bits per heavy atom. The van der Waals surface area contributed by atoms with Gasteiger partial charge in [-0.3, -0.25) is 0 Å². The quantitative estimate of drug-likeness (QED) is 0.840. The summed E-state index contributed by atoms with van der Waals surface area (Å²) in [6.45, 7) is 2.13. The fourth-order valence-corrected chi connectivity index (χ4v) is 2.14. The van der Waals surface area contributed by atoms with E-state index in [-0.39, 0.29) is 6.10 Å². The highest BCUT2D eigenvalue weighted by Crippen LogP contribution is 2.22. The lowest BCUT2D eigenvalue weighted by Gasteiger charge is -2.11. The molecule has 0 saturated carbocycles. The normalized spacial score (nSPS) is 14.2. The lowest BCUT2D eigenvalue weighted by atomic mass is 10.1. The molecule has 5 nitrogen and oxygen atoms in total. The van der Waals surface area contributed by atoms with Crippen LogP contribution in [0.3, 0.4) is 0 Å². The first kappa shape index (κ1) is 14.7. The van der Waals surface area contributed by atoms with Gasteiger partial charge in [-0.25, -0.2) is 0 Å². The van der Waals surface area contributed by atoms with Gasteiger partial charge in [0.2, 0.25) is 11.7 Å². The van der Waals surface area contributed by atoms with Crippen molar-refractivity contribution in [3.05, 3.63) is 47.6 Å². The minimum Gasteiger partial charge on any atom is -0.369 e. The maximum Gasteiger partial charge on any atom is 0.228 e. The average Bonchev–Trinajstić information content (AvgIpc) is 2.95. The smallest absolute Gasteiger partial charge is 0.228 e. The number of hydrogen-bond donors (Lipinski definition) is 1. The van der Waals surface area contributed by atoms with Crippen LogP contribution in [0.4, 0.5) is 0 Å². The summed E-state index contributed by atoms with van der Waals surface area (Å²) in [5.74, 6) is 1.21. The first-order chi connectivity index (χ1) is 9.78. The van der Waals surface area contributed by atoms with Crippen LogP contribution in [0, 0.1) is 0 Å². The van der Waals surface area contributed by atoms with Crippen LogP contribution < -0.4 is 5.32 Å². The lowest BCUT2D eigenvalue weighted by molar-refractivity contribution is 0.126. The standard InChI is InChI=1S/C15H21N3O2/c1-4-12(16-2)10-13-17-15(18-20-13)14(19-3)11-8-6-5-7-9-11/h5-9,12,14,16H,4,10H2,1-3H3. The van der Waals surface area contributed by atoms with E-state index in [0.717, 1.165) is 18.4 Å². The van der Waals surface area contributed by atoms with Gasteiger partial charge in [0.25, 0.3) is 0 Å². The number of nitrogens with zero attached hydrogens (tertiary/aromatic N) is 2. The molecule has 1 N–H and O–H groups in total. The van der Waals surface area contributed by atoms with Crippen molar-refractivity contribution in [3.8, 4) is 0 Å². The van der Waals surface area contributed by atoms with Gasteiger partial charge in [-0.15, -0.1) is 0 Å². The van der Waals surface area contributed by atoms with Crippen molar-refractivity contribution >= 4 is 0 Å². The second kappa shape index (κ2) is 7.17. The van der Waals surface area contributed by atoms with Gasteiger partial charge in [-0.05, 0) is 19.0 Å². The third kappa shape index (κ3) is 3.43. The van der Waals surface area contributed by atoms with E-state index in [1.807, 2.05) is 37.4 Å². The zero-order chi connectivity index (χ0) is 14.4. The van der Waals surface area contributed by atoms with E-state index in [4.69, 9.17) is 9.26 Å². The molecule has 1 heterocycles. The van der Waals surface area contributed by atoms with Gasteiger partial charge < -0.3 is 14.6 Å². The summed E-state index contributed by atoms with van der Waals surface area (Å²) in [4.78, 5) is 4.45. The van der Waals surface area contributed by atoms with E-state index >= 15 is 0 Å². The summed E-state index contributed by atoms with van der Waals surface area (Å²) in [5, 5.41) is 7.27. The van der Waals surface area contributed by atoms with Gasteiger partial charge in [0.15, 0.2) is 0 Å². The Morgan fingerprint density at radius 1 is 1.30 bits per heavy atom. The molecule has 0 saturated heterocycles. The molecule has 0 aliphatic rings. The molecule has 0 aliphatic carbocycles. The van der Waals surface area contributed by atoms with Crippen LogP contribution in [0.1, 0.15) is 36.7 Å². The van der Waals surface area contributed by atoms with Crippen LogP contribution in [0.15, 0.2) is 34.9 Å². The SMILES string of the molecule is CCC(Cc1nc(C(OC)c2ccccc2)no1)NC. The molecule has 1 aromatic carbocycles. The van der Waals surface area contributed by atoms with Crippen LogP contribution in [0.5, 0.6) is 0 Å². The van der Waals surface area contributed by atoms with Crippen LogP contribution in [-0.2, 0) is 11.2 Å². The van der Waals surface area contributed by atoms with Crippen molar-refractivity contribution < 1.29 is 9.26 Å². The van der Waals surface area contributed by atoms with E-state index in [2.05, 4.69) is 22.4 Å². The molecular formula is C15H21N3O2. The van der Waals surface area contributed by atoms with E-state index in [9.17, 15) is 0 Å². The Morgan fingerprint density at radius 2 is 2.05 bits per heavy atom. The minimum absolute atomic E-state index is 0.289. The lowest BCUT2D eigenvalue weighted by Crippen LogP contribution is -2.26. The van der Waals surface area contributed by atoms with Crippen molar-refractivity contribution in [2.24, 2.45) is 0 Å². The number of benzene rings is 1. The molecular weight excluding hydrogens is 254 g/mol. The van der Waals surface area contributed by atoms with Crippen molar-refractivity contribution in [3.63, 3.8) is 0 Å². The molecule has 0 amide bonds. The Balaban J connectivity index is 2.14. The first-order valence-electron chi connectivity index (χ1n) is 6.86. The topological polar surface area (TPSA) is 60.2 Å². The number of aromatic nitrogens is 2. The van der Waals surface area contributed by atoms with E-state index in [1.165, 1.54) is 0 Å². The number of rotatable bonds is 7. The maximum atomic E-state index is 5.49. The van der Waals surface area contributed by atoms with Crippen molar-refractivity contribution in [2.75, 3.05) is 14.2 Å². The first-order valence-corrected chi connectivity index (χ1v) is 6.86. The van der Waals surface area contributed by atoms with Gasteiger partial charge in [-0.1, -0.05) is 42.4 Å². The molecule has 0 fully saturated rings. The monoisotopic (exact) mass is 275 g/mol. The van der Waals surface area contributed by atoms with Crippen molar-refractivity contribution in [1.82, 2.24) is 15.5 Å². The number of nitrogens with one attached hydrogen (secondary N) is 1. The predicted octanol–water partition coefficient (Wildman–Crippen LogP) is 2.35. The fraction of sp³-hybridized carbons (Fsp3) is 0.467. The molecule has 20 heavy (non-hydrogen) atoms. The van der Waals surface area contributed by atoms with Crippen LogP contribution in [0.2, 0.25) is 0 Å². The summed E-state index contributed by atoms with van der Waals surface area (Å²) in [6, 6.07) is 10.2. The summed E-state index contributed by atoms with van der Waals surface area (Å²) in [6.07, 6.45) is 1.45. The zero-order valence-corrected chi connectivity index (χ0v) is 12.2. The second-order valence-electron chi connectivity index (χ2n) is 4.67. The molecule has 2 unspecified atom stereocenters. The molecule has 0 aliphatic heterocycles. The highest BCUT2D eigenvalue weighted by atomic mass is 16.5. The van der Waals surface area contributed by atoms with Crippen molar-refractivity contribution in [1.29, 1.82) is 0 Å². The van der Waals surface area contributed by atoms with E-state index < -0.39 is 0 Å². The Labute approximate surface area is 119 Å². The molecule has 2 atom stereocenters. The van der Waals surface area contributed by atoms with Crippen molar-refractivity contribution in [2.45, 2.75) is 31.9 Å². The Hall–Kier alpha value is -1.72. The summed E-state index contributed by atoms with van der Waals surface area (Å²) < 4.78 is 10.8. The van der Waals surface area contributed by atoms with Gasteiger partial charge in [0, 0.05) is 19.6 Å². The van der Waals surface area contributed by atoms with Gasteiger partial charge >= 0.3 is 0 Å². The third-order valence-corrected chi connectivity index (χ3v) is 3.38. The number of likely N-dealkylation sites (N-methyl/N-ethyl adjacent to an activating group) is 1. The van der Waals surface area contributed by atoms with E-state index in [0.29, 0.717) is 17.8 Å². The van der Waals surface area contributed by atoms with Gasteiger partial charge in [0.1, 0.15) is 6.10 Å². The highest BCUT2D eigenvalue weighted by molar-refractivity contribution is 5.22. The summed E-state index contributed by atoms with van der Waals surface area (Å²) in [7, 11) is 3.59. The van der Waals surface area contributed by atoms with Crippen LogP contribution >= 0.6 is 0 Å². The molecule has 5 heteroatoms. The minimum atomic E-state index is -0.289. The summed E-state index contributed by atoms with van der Waals surface area (Å²) >= 11 is 0. The highest BCUT2D eigenvalue weighted by Gasteiger charge is 2.20. The number of methoxy groups -OCH3 is 1. The van der Waals surface area contributed by atoms with Crippen LogP contribution in [0.25, 0.3) is 0 Å². The second-order valence-corrected chi connectivity index (χ2v) is 4.67. The molecule has 0 spiro atoms. The predicted molar refractivity (Wildman–Crippen MR) is 76.4 cm³/mol. The third-order valence-electron chi connectivity index (χ3n) is 3.38. The van der Waals surface area contributed by atoms with E-state index in [1.54, 1.807) is 7.11 Å². The average molecular weight is 275 g/mol. The molecule has 0 bridgehead atoms. The fourth-order valence-electron chi connectivity index (χ4n) is 2.14. The van der Waals surface area contributed by atoms with Gasteiger partial charge in [0.05, 0.1) is 0 Å². The largest absolute Gasteiger partial charge is 0.369 e. The number of ether oxygens (including phenoxy) is 1.